The maximum absolute atomic E-state index is 6.02. The lowest BCUT2D eigenvalue weighted by atomic mass is 9.80. The molecule has 3 atom stereocenters. The summed E-state index contributed by atoms with van der Waals surface area (Å²) in [6, 6.07) is 0.326. The minimum absolute atomic E-state index is 0.326. The van der Waals surface area contributed by atoms with Crippen LogP contribution in [0.3, 0.4) is 0 Å². The lowest BCUT2D eigenvalue weighted by molar-refractivity contribution is 0.361. The van der Waals surface area contributed by atoms with E-state index in [0.29, 0.717) is 17.9 Å². The van der Waals surface area contributed by atoms with Crippen molar-refractivity contribution in [2.24, 2.45) is 23.3 Å². The van der Waals surface area contributed by atoms with Crippen LogP contribution in [0.4, 0.5) is 0 Å². The Balaban J connectivity index is 2.69. The van der Waals surface area contributed by atoms with Crippen molar-refractivity contribution < 1.29 is 0 Å². The topological polar surface area (TPSA) is 52.0 Å². The van der Waals surface area contributed by atoms with E-state index in [1.54, 1.807) is 0 Å². The molecule has 0 fully saturated rings. The Morgan fingerprint density at radius 2 is 2.08 bits per heavy atom. The van der Waals surface area contributed by atoms with Gasteiger partial charge in [-0.05, 0) is 31.1 Å². The maximum Gasteiger partial charge on any atom is 0.0109 e. The third-order valence-electron chi connectivity index (χ3n) is 2.95. The molecule has 0 amide bonds. The van der Waals surface area contributed by atoms with Gasteiger partial charge in [-0.15, -0.1) is 0 Å². The van der Waals surface area contributed by atoms with E-state index in [1.807, 2.05) is 0 Å². The number of hydrogen-bond donors (Lipinski definition) is 2. The van der Waals surface area contributed by atoms with E-state index in [1.165, 1.54) is 0 Å². The van der Waals surface area contributed by atoms with Crippen molar-refractivity contribution in [3.63, 3.8) is 0 Å². The molecule has 1 aliphatic rings. The fourth-order valence-electron chi connectivity index (χ4n) is 1.97. The second-order valence-electron chi connectivity index (χ2n) is 3.74. The van der Waals surface area contributed by atoms with Gasteiger partial charge < -0.3 is 11.5 Å². The van der Waals surface area contributed by atoms with Gasteiger partial charge in [-0.3, -0.25) is 0 Å². The van der Waals surface area contributed by atoms with Crippen molar-refractivity contribution in [1.29, 1.82) is 0 Å². The molecule has 2 heteroatoms. The van der Waals surface area contributed by atoms with Crippen LogP contribution in [0.1, 0.15) is 33.1 Å². The molecular formula is C10H20N2. The predicted molar refractivity (Wildman–Crippen MR) is 52.4 cm³/mol. The summed E-state index contributed by atoms with van der Waals surface area (Å²) < 4.78 is 0. The summed E-state index contributed by atoms with van der Waals surface area (Å²) in [7, 11) is 0. The van der Waals surface area contributed by atoms with Gasteiger partial charge in [0.2, 0.25) is 0 Å². The average molecular weight is 168 g/mol. The van der Waals surface area contributed by atoms with Crippen LogP contribution in [0.25, 0.3) is 0 Å². The standard InChI is InChI=1S/C10H20N2/c1-3-7-5-10(12)8(4-2)6-9(7)11/h5,7-9H,3-4,6,11-12H2,1-2H3. The number of hydrogen-bond acceptors (Lipinski definition) is 2. The maximum atomic E-state index is 6.02. The highest BCUT2D eigenvalue weighted by atomic mass is 14.7. The highest BCUT2D eigenvalue weighted by Crippen LogP contribution is 2.28. The molecule has 1 aliphatic carbocycles. The van der Waals surface area contributed by atoms with E-state index < -0.39 is 0 Å². The second-order valence-corrected chi connectivity index (χ2v) is 3.74. The Bertz CT molecular complexity index is 175. The Hall–Kier alpha value is -0.500. The van der Waals surface area contributed by atoms with E-state index in [2.05, 4.69) is 19.9 Å². The van der Waals surface area contributed by atoms with Crippen molar-refractivity contribution in [2.75, 3.05) is 0 Å². The van der Waals surface area contributed by atoms with E-state index in [4.69, 9.17) is 11.5 Å². The molecule has 0 spiro atoms. The molecule has 3 unspecified atom stereocenters. The first-order valence-electron chi connectivity index (χ1n) is 4.91. The molecule has 0 aliphatic heterocycles. The Morgan fingerprint density at radius 1 is 1.42 bits per heavy atom. The zero-order valence-corrected chi connectivity index (χ0v) is 8.09. The molecular weight excluding hydrogens is 148 g/mol. The molecule has 0 saturated carbocycles. The molecule has 1 rings (SSSR count). The minimum Gasteiger partial charge on any atom is -0.402 e. The van der Waals surface area contributed by atoms with Crippen LogP contribution in [0.5, 0.6) is 0 Å². The lowest BCUT2D eigenvalue weighted by Crippen LogP contribution is -2.36. The van der Waals surface area contributed by atoms with Gasteiger partial charge >= 0.3 is 0 Å². The number of rotatable bonds is 2. The van der Waals surface area contributed by atoms with Crippen molar-refractivity contribution in [3.05, 3.63) is 11.8 Å². The van der Waals surface area contributed by atoms with Crippen LogP contribution in [-0.2, 0) is 0 Å². The first-order chi connectivity index (χ1) is 5.69. The molecule has 0 bridgehead atoms. The van der Waals surface area contributed by atoms with E-state index >= 15 is 0 Å². The minimum atomic E-state index is 0.326. The van der Waals surface area contributed by atoms with Gasteiger partial charge in [0.05, 0.1) is 0 Å². The van der Waals surface area contributed by atoms with Crippen molar-refractivity contribution >= 4 is 0 Å². The van der Waals surface area contributed by atoms with E-state index in [0.717, 1.165) is 25.0 Å². The third kappa shape index (κ3) is 1.81. The zero-order valence-electron chi connectivity index (χ0n) is 8.09. The molecule has 0 saturated heterocycles. The van der Waals surface area contributed by atoms with E-state index in [-0.39, 0.29) is 0 Å². The van der Waals surface area contributed by atoms with Gasteiger partial charge in [0.1, 0.15) is 0 Å². The van der Waals surface area contributed by atoms with Gasteiger partial charge in [-0.1, -0.05) is 19.9 Å². The molecule has 4 N–H and O–H groups in total. The molecule has 0 aromatic heterocycles. The van der Waals surface area contributed by atoms with Gasteiger partial charge in [0.15, 0.2) is 0 Å². The van der Waals surface area contributed by atoms with Gasteiger partial charge in [-0.25, -0.2) is 0 Å². The van der Waals surface area contributed by atoms with Crippen LogP contribution >= 0.6 is 0 Å². The van der Waals surface area contributed by atoms with Crippen molar-refractivity contribution in [1.82, 2.24) is 0 Å². The van der Waals surface area contributed by atoms with Crippen molar-refractivity contribution in [2.45, 2.75) is 39.2 Å². The molecule has 2 nitrogen and oxygen atoms in total. The average Bonchev–Trinajstić information content (AvgIpc) is 2.08. The summed E-state index contributed by atoms with van der Waals surface area (Å²) in [5, 5.41) is 0. The largest absolute Gasteiger partial charge is 0.402 e. The van der Waals surface area contributed by atoms with E-state index in [9.17, 15) is 0 Å². The number of allylic oxidation sites excluding steroid dienone is 1. The van der Waals surface area contributed by atoms with Crippen LogP contribution < -0.4 is 11.5 Å². The predicted octanol–water partition coefficient (Wildman–Crippen LogP) is 1.61. The lowest BCUT2D eigenvalue weighted by Gasteiger charge is -2.30. The summed E-state index contributed by atoms with van der Waals surface area (Å²) in [5.41, 5.74) is 13.0. The summed E-state index contributed by atoms with van der Waals surface area (Å²) >= 11 is 0. The van der Waals surface area contributed by atoms with Gasteiger partial charge in [0.25, 0.3) is 0 Å². The third-order valence-corrected chi connectivity index (χ3v) is 2.95. The normalized spacial score (nSPS) is 36.2. The van der Waals surface area contributed by atoms with Crippen molar-refractivity contribution in [3.8, 4) is 0 Å². The highest BCUT2D eigenvalue weighted by Gasteiger charge is 2.25. The SMILES string of the molecule is CCC1CC(N)C(CC)C=C1N. The Labute approximate surface area is 75.0 Å². The zero-order chi connectivity index (χ0) is 9.14. The van der Waals surface area contributed by atoms with Crippen LogP contribution in [0.15, 0.2) is 11.8 Å². The molecule has 70 valence electrons. The fourth-order valence-corrected chi connectivity index (χ4v) is 1.97. The summed E-state index contributed by atoms with van der Waals surface area (Å²) in [6.07, 6.45) is 5.46. The van der Waals surface area contributed by atoms with Crippen LogP contribution in [-0.4, -0.2) is 6.04 Å². The number of nitrogens with two attached hydrogens (primary N) is 2. The quantitative estimate of drug-likeness (QED) is 0.658. The second kappa shape index (κ2) is 3.94. The first kappa shape index (κ1) is 9.59. The van der Waals surface area contributed by atoms with Gasteiger partial charge in [-0.2, -0.15) is 0 Å². The summed E-state index contributed by atoms with van der Waals surface area (Å²) in [5.74, 6) is 1.04. The smallest absolute Gasteiger partial charge is 0.0109 e. The molecule has 0 aromatic rings. The van der Waals surface area contributed by atoms with Crippen LogP contribution in [0, 0.1) is 11.8 Å². The summed E-state index contributed by atoms with van der Waals surface area (Å²) in [6.45, 7) is 4.34. The Kier molecular flexibility index (Phi) is 3.15. The Morgan fingerprint density at radius 3 is 2.58 bits per heavy atom. The fraction of sp³-hybridized carbons (Fsp3) is 0.800. The molecule has 0 radical (unpaired) electrons. The molecule has 0 aromatic carbocycles. The highest BCUT2D eigenvalue weighted by molar-refractivity contribution is 5.11. The molecule has 0 heterocycles. The molecule has 12 heavy (non-hydrogen) atoms. The van der Waals surface area contributed by atoms with Crippen LogP contribution in [0.2, 0.25) is 0 Å². The first-order valence-corrected chi connectivity index (χ1v) is 4.91. The monoisotopic (exact) mass is 168 g/mol. The van der Waals surface area contributed by atoms with Gasteiger partial charge in [0, 0.05) is 11.7 Å². The summed E-state index contributed by atoms with van der Waals surface area (Å²) in [4.78, 5) is 0.